The van der Waals surface area contributed by atoms with Gasteiger partial charge in [-0.2, -0.15) is 0 Å². The van der Waals surface area contributed by atoms with Gasteiger partial charge in [0.2, 0.25) is 0 Å². The fraction of sp³-hybridized carbons (Fsp3) is 0.150. The maximum atomic E-state index is 12.8. The van der Waals surface area contributed by atoms with Crippen molar-refractivity contribution in [3.63, 3.8) is 0 Å². The summed E-state index contributed by atoms with van der Waals surface area (Å²) in [5.41, 5.74) is 2.41. The minimum atomic E-state index is -0.635. The lowest BCUT2D eigenvalue weighted by atomic mass is 10.0. The lowest BCUT2D eigenvalue weighted by Crippen LogP contribution is -2.38. The Labute approximate surface area is 166 Å². The highest BCUT2D eigenvalue weighted by Crippen LogP contribution is 2.42. The van der Waals surface area contributed by atoms with Gasteiger partial charge >= 0.3 is 6.09 Å². The van der Waals surface area contributed by atoms with E-state index in [0.717, 1.165) is 11.1 Å². The molecule has 0 spiro atoms. The average Bonchev–Trinajstić information content (AvgIpc) is 2.71. The number of aromatic nitrogens is 2. The molecule has 0 bridgehead atoms. The summed E-state index contributed by atoms with van der Waals surface area (Å²) >= 11 is 7.88. The van der Waals surface area contributed by atoms with Crippen LogP contribution in [0.2, 0.25) is 5.15 Å². The van der Waals surface area contributed by atoms with Crippen LogP contribution in [0.3, 0.4) is 0 Å². The molecule has 0 radical (unpaired) electrons. The van der Waals surface area contributed by atoms with Gasteiger partial charge in [-0.05, 0) is 17.4 Å². The first-order valence-corrected chi connectivity index (χ1v) is 9.96. The number of nitrogens with zero attached hydrogens (tertiary/aromatic N) is 3. The number of amides is 1. The quantitative estimate of drug-likeness (QED) is 0.348. The molecule has 136 valence electrons. The second-order valence-corrected chi connectivity index (χ2v) is 7.12. The van der Waals surface area contributed by atoms with Gasteiger partial charge in [-0.15, -0.1) is 0 Å². The third-order valence-electron chi connectivity index (χ3n) is 4.28. The monoisotopic (exact) mass is 397 g/mol. The molecule has 7 heteroatoms. The number of hydrogen-bond acceptors (Lipinski definition) is 5. The van der Waals surface area contributed by atoms with E-state index in [-0.39, 0.29) is 0 Å². The summed E-state index contributed by atoms with van der Waals surface area (Å²) in [7, 11) is 0. The Morgan fingerprint density at radius 3 is 2.41 bits per heavy atom. The standard InChI is InChI=1S/C20H16ClN3O2S/c1-27-19-22-17(21)15-16(14-10-6-3-7-11-14)26-20(25)24(18(15)23-19)12-13-8-4-2-5-9-13/h2-11,16H,12H2,1H3. The number of carbonyl (C=O) groups is 1. The van der Waals surface area contributed by atoms with Crippen LogP contribution in [0, 0.1) is 0 Å². The highest BCUT2D eigenvalue weighted by atomic mass is 35.5. The summed E-state index contributed by atoms with van der Waals surface area (Å²) in [6.07, 6.45) is 0.779. The Balaban J connectivity index is 1.84. The number of carbonyl (C=O) groups excluding carboxylic acids is 1. The van der Waals surface area contributed by atoms with Crippen LogP contribution in [0.4, 0.5) is 10.6 Å². The molecule has 1 aliphatic heterocycles. The molecule has 2 heterocycles. The highest BCUT2D eigenvalue weighted by molar-refractivity contribution is 7.98. The predicted molar refractivity (Wildman–Crippen MR) is 106 cm³/mol. The highest BCUT2D eigenvalue weighted by Gasteiger charge is 2.37. The Hall–Kier alpha value is -2.57. The smallest absolute Gasteiger partial charge is 0.416 e. The van der Waals surface area contributed by atoms with Crippen molar-refractivity contribution in [2.75, 3.05) is 11.2 Å². The molecule has 1 unspecified atom stereocenters. The molecular formula is C20H16ClN3O2S. The molecule has 0 fully saturated rings. The zero-order valence-electron chi connectivity index (χ0n) is 14.5. The lowest BCUT2D eigenvalue weighted by molar-refractivity contribution is 0.116. The van der Waals surface area contributed by atoms with Crippen LogP contribution in [0.5, 0.6) is 0 Å². The van der Waals surface area contributed by atoms with Crippen LogP contribution < -0.4 is 4.90 Å². The minimum absolute atomic E-state index is 0.295. The summed E-state index contributed by atoms with van der Waals surface area (Å²) in [5, 5.41) is 0.807. The number of ether oxygens (including phenoxy) is 1. The van der Waals surface area contributed by atoms with Crippen molar-refractivity contribution < 1.29 is 9.53 Å². The second-order valence-electron chi connectivity index (χ2n) is 5.98. The van der Waals surface area contributed by atoms with Crippen LogP contribution in [-0.2, 0) is 11.3 Å². The Kier molecular flexibility index (Phi) is 5.01. The number of benzene rings is 2. The van der Waals surface area contributed by atoms with Crippen LogP contribution in [0.15, 0.2) is 65.8 Å². The first kappa shape index (κ1) is 17.8. The van der Waals surface area contributed by atoms with Crippen molar-refractivity contribution in [3.8, 4) is 0 Å². The van der Waals surface area contributed by atoms with Gasteiger partial charge in [0.05, 0.1) is 12.1 Å². The first-order valence-electron chi connectivity index (χ1n) is 8.36. The lowest BCUT2D eigenvalue weighted by Gasteiger charge is -2.33. The SMILES string of the molecule is CSc1nc(Cl)c2c(n1)N(Cc1ccccc1)C(=O)OC2c1ccccc1. The third kappa shape index (κ3) is 3.50. The van der Waals surface area contributed by atoms with Crippen molar-refractivity contribution in [1.29, 1.82) is 0 Å². The largest absolute Gasteiger partial charge is 0.436 e. The van der Waals surface area contributed by atoms with E-state index in [1.165, 1.54) is 16.7 Å². The van der Waals surface area contributed by atoms with Crippen molar-refractivity contribution in [3.05, 3.63) is 82.5 Å². The molecule has 4 rings (SSSR count). The number of halogens is 1. The van der Waals surface area contributed by atoms with Crippen LogP contribution >= 0.6 is 23.4 Å². The number of thioether (sulfide) groups is 1. The van der Waals surface area contributed by atoms with Gasteiger partial charge < -0.3 is 4.74 Å². The van der Waals surface area contributed by atoms with E-state index in [2.05, 4.69) is 9.97 Å². The number of cyclic esters (lactones) is 1. The van der Waals surface area contributed by atoms with E-state index in [1.807, 2.05) is 66.9 Å². The van der Waals surface area contributed by atoms with Crippen molar-refractivity contribution in [1.82, 2.24) is 9.97 Å². The Morgan fingerprint density at radius 1 is 1.07 bits per heavy atom. The zero-order chi connectivity index (χ0) is 18.8. The molecule has 5 nitrogen and oxygen atoms in total. The molecule has 1 aliphatic rings. The third-order valence-corrected chi connectivity index (χ3v) is 5.12. The van der Waals surface area contributed by atoms with Crippen molar-refractivity contribution in [2.45, 2.75) is 17.8 Å². The summed E-state index contributed by atoms with van der Waals surface area (Å²) in [5.74, 6) is 0.494. The number of fused-ring (bicyclic) bond motifs is 1. The summed E-state index contributed by atoms with van der Waals surface area (Å²) in [6.45, 7) is 0.343. The van der Waals surface area contributed by atoms with Crippen LogP contribution in [0.1, 0.15) is 22.8 Å². The van der Waals surface area contributed by atoms with Gasteiger partial charge in [0.25, 0.3) is 0 Å². The minimum Gasteiger partial charge on any atom is -0.436 e. The van der Waals surface area contributed by atoms with Gasteiger partial charge in [-0.3, -0.25) is 4.90 Å². The van der Waals surface area contributed by atoms with E-state index in [1.54, 1.807) is 0 Å². The van der Waals surface area contributed by atoms with Gasteiger partial charge in [0, 0.05) is 0 Å². The Bertz CT molecular complexity index is 970. The molecule has 0 N–H and O–H groups in total. The number of hydrogen-bond donors (Lipinski definition) is 0. The zero-order valence-corrected chi connectivity index (χ0v) is 16.1. The maximum absolute atomic E-state index is 12.8. The van der Waals surface area contributed by atoms with E-state index >= 15 is 0 Å². The summed E-state index contributed by atoms with van der Waals surface area (Å²) in [6, 6.07) is 19.2. The van der Waals surface area contributed by atoms with Gasteiger partial charge in [-0.1, -0.05) is 84.0 Å². The van der Waals surface area contributed by atoms with E-state index in [4.69, 9.17) is 16.3 Å². The predicted octanol–water partition coefficient (Wildman–Crippen LogP) is 5.10. The van der Waals surface area contributed by atoms with E-state index in [9.17, 15) is 4.79 Å². The molecule has 0 saturated heterocycles. The second kappa shape index (κ2) is 7.58. The van der Waals surface area contributed by atoms with Crippen molar-refractivity contribution >= 4 is 35.3 Å². The summed E-state index contributed by atoms with van der Waals surface area (Å²) < 4.78 is 5.75. The number of anilines is 1. The normalized spacial score (nSPS) is 16.0. The van der Waals surface area contributed by atoms with Gasteiger partial charge in [-0.25, -0.2) is 14.8 Å². The van der Waals surface area contributed by atoms with Gasteiger partial charge in [0.15, 0.2) is 17.1 Å². The molecule has 1 amide bonds. The summed E-state index contributed by atoms with van der Waals surface area (Å²) in [4.78, 5) is 23.3. The molecule has 1 atom stereocenters. The molecule has 2 aromatic carbocycles. The average molecular weight is 398 g/mol. The fourth-order valence-corrected chi connectivity index (χ4v) is 3.69. The van der Waals surface area contributed by atoms with E-state index < -0.39 is 12.2 Å². The molecule has 3 aromatic rings. The number of rotatable bonds is 4. The molecule has 0 saturated carbocycles. The first-order chi connectivity index (χ1) is 13.2. The van der Waals surface area contributed by atoms with Crippen LogP contribution in [-0.4, -0.2) is 22.3 Å². The Morgan fingerprint density at radius 2 is 1.74 bits per heavy atom. The molecule has 27 heavy (non-hydrogen) atoms. The fourth-order valence-electron chi connectivity index (χ4n) is 3.01. The van der Waals surface area contributed by atoms with Gasteiger partial charge in [0.1, 0.15) is 5.15 Å². The molecule has 1 aromatic heterocycles. The topological polar surface area (TPSA) is 55.3 Å². The molecule has 0 aliphatic carbocycles. The van der Waals surface area contributed by atoms with E-state index in [0.29, 0.717) is 28.2 Å². The maximum Gasteiger partial charge on any atom is 0.416 e. The van der Waals surface area contributed by atoms with Crippen LogP contribution in [0.25, 0.3) is 0 Å². The molecular weight excluding hydrogens is 382 g/mol. The van der Waals surface area contributed by atoms with Crippen molar-refractivity contribution in [2.24, 2.45) is 0 Å².